The van der Waals surface area contributed by atoms with Gasteiger partial charge in [-0.2, -0.15) is 0 Å². The number of rotatable bonds is 7. The standard InChI is InChI=1S/C10H18N2O4S/c1-3-4-11-10(16)12-8(13)6-17-7(2)5-9(14)15/h7H,3-6H2,1-2H3,(H,14,15)(H2,11,12,13,16). The lowest BCUT2D eigenvalue weighted by molar-refractivity contribution is -0.136. The predicted molar refractivity (Wildman–Crippen MR) is 66.0 cm³/mol. The molecule has 3 N–H and O–H groups in total. The van der Waals surface area contributed by atoms with Crippen molar-refractivity contribution in [1.29, 1.82) is 0 Å². The van der Waals surface area contributed by atoms with Gasteiger partial charge in [-0.3, -0.25) is 14.9 Å². The first-order valence-electron chi connectivity index (χ1n) is 5.36. The van der Waals surface area contributed by atoms with E-state index >= 15 is 0 Å². The fourth-order valence-corrected chi connectivity index (χ4v) is 1.74. The maximum absolute atomic E-state index is 11.3. The van der Waals surface area contributed by atoms with Gasteiger partial charge < -0.3 is 10.4 Å². The molecule has 6 nitrogen and oxygen atoms in total. The molecule has 1 unspecified atom stereocenters. The molecule has 0 spiro atoms. The Morgan fingerprint density at radius 3 is 2.53 bits per heavy atom. The summed E-state index contributed by atoms with van der Waals surface area (Å²) >= 11 is 1.21. The first kappa shape index (κ1) is 15.8. The highest BCUT2D eigenvalue weighted by atomic mass is 32.2. The summed E-state index contributed by atoms with van der Waals surface area (Å²) in [6.07, 6.45) is 0.798. The second-order valence-corrected chi connectivity index (χ2v) is 4.95. The number of hydrogen-bond acceptors (Lipinski definition) is 4. The Balaban J connectivity index is 3.72. The van der Waals surface area contributed by atoms with Crippen LogP contribution in [0.4, 0.5) is 4.79 Å². The molecule has 0 aliphatic carbocycles. The van der Waals surface area contributed by atoms with E-state index in [2.05, 4.69) is 10.6 Å². The first-order chi connectivity index (χ1) is 7.95. The van der Waals surface area contributed by atoms with Crippen LogP contribution in [-0.2, 0) is 9.59 Å². The predicted octanol–water partition coefficient (Wildman–Crippen LogP) is 0.819. The van der Waals surface area contributed by atoms with E-state index in [4.69, 9.17) is 5.11 Å². The van der Waals surface area contributed by atoms with Crippen molar-refractivity contribution in [2.45, 2.75) is 31.9 Å². The van der Waals surface area contributed by atoms with E-state index in [9.17, 15) is 14.4 Å². The highest BCUT2D eigenvalue weighted by Crippen LogP contribution is 2.13. The Kier molecular flexibility index (Phi) is 8.21. The average Bonchev–Trinajstić information content (AvgIpc) is 2.22. The number of thioether (sulfide) groups is 1. The summed E-state index contributed by atoms with van der Waals surface area (Å²) in [5, 5.41) is 13.0. The Bertz CT molecular complexity index is 283. The molecule has 0 aliphatic heterocycles. The fraction of sp³-hybridized carbons (Fsp3) is 0.700. The van der Waals surface area contributed by atoms with Crippen molar-refractivity contribution >= 4 is 29.7 Å². The van der Waals surface area contributed by atoms with Crippen molar-refractivity contribution in [3.63, 3.8) is 0 Å². The molecule has 0 radical (unpaired) electrons. The molecule has 1 atom stereocenters. The largest absolute Gasteiger partial charge is 0.481 e. The Labute approximate surface area is 105 Å². The van der Waals surface area contributed by atoms with Crippen LogP contribution < -0.4 is 10.6 Å². The van der Waals surface area contributed by atoms with Crippen molar-refractivity contribution in [1.82, 2.24) is 10.6 Å². The lowest BCUT2D eigenvalue weighted by atomic mass is 10.3. The molecule has 0 aliphatic rings. The molecule has 0 aromatic heterocycles. The second kappa shape index (κ2) is 8.86. The van der Waals surface area contributed by atoms with E-state index in [0.717, 1.165) is 6.42 Å². The number of carboxylic acids is 1. The molecule has 0 fully saturated rings. The molecular formula is C10H18N2O4S. The van der Waals surface area contributed by atoms with E-state index in [1.807, 2.05) is 6.92 Å². The van der Waals surface area contributed by atoms with Crippen molar-refractivity contribution in [2.75, 3.05) is 12.3 Å². The molecule has 17 heavy (non-hydrogen) atoms. The zero-order chi connectivity index (χ0) is 13.3. The van der Waals surface area contributed by atoms with Crippen LogP contribution in [0, 0.1) is 0 Å². The molecular weight excluding hydrogens is 244 g/mol. The number of carbonyl (C=O) groups excluding carboxylic acids is 2. The van der Waals surface area contributed by atoms with E-state index in [1.165, 1.54) is 11.8 Å². The first-order valence-corrected chi connectivity index (χ1v) is 6.41. The van der Waals surface area contributed by atoms with Gasteiger partial charge in [0.1, 0.15) is 0 Å². The molecule has 98 valence electrons. The van der Waals surface area contributed by atoms with Gasteiger partial charge >= 0.3 is 12.0 Å². The van der Waals surface area contributed by atoms with Crippen LogP contribution in [0.2, 0.25) is 0 Å². The summed E-state index contributed by atoms with van der Waals surface area (Å²) in [6, 6.07) is -0.511. The molecule has 3 amide bonds. The summed E-state index contributed by atoms with van der Waals surface area (Å²) in [5.74, 6) is -1.24. The number of nitrogens with one attached hydrogen (secondary N) is 2. The van der Waals surface area contributed by atoms with Gasteiger partial charge in [0, 0.05) is 11.8 Å². The van der Waals surface area contributed by atoms with Crippen molar-refractivity contribution in [3.05, 3.63) is 0 Å². The third-order valence-corrected chi connectivity index (χ3v) is 2.91. The summed E-state index contributed by atoms with van der Waals surface area (Å²) in [7, 11) is 0. The number of hydrogen-bond donors (Lipinski definition) is 3. The Morgan fingerprint density at radius 1 is 1.35 bits per heavy atom. The summed E-state index contributed by atoms with van der Waals surface area (Å²) in [4.78, 5) is 32.7. The number of carboxylic acid groups (broad SMARTS) is 1. The quantitative estimate of drug-likeness (QED) is 0.631. The number of imide groups is 1. The van der Waals surface area contributed by atoms with Crippen LogP contribution in [-0.4, -0.2) is 40.6 Å². The summed E-state index contributed by atoms with van der Waals surface area (Å²) < 4.78 is 0. The van der Waals surface area contributed by atoms with E-state index in [1.54, 1.807) is 6.92 Å². The molecule has 7 heteroatoms. The normalized spacial score (nSPS) is 11.6. The number of urea groups is 1. The van der Waals surface area contributed by atoms with Gasteiger partial charge in [-0.1, -0.05) is 13.8 Å². The van der Waals surface area contributed by atoms with Crippen molar-refractivity contribution in [2.24, 2.45) is 0 Å². The van der Waals surface area contributed by atoms with Crippen LogP contribution in [0.15, 0.2) is 0 Å². The smallest absolute Gasteiger partial charge is 0.321 e. The minimum absolute atomic E-state index is 0.0000220. The molecule has 0 saturated carbocycles. The molecule has 0 aromatic carbocycles. The van der Waals surface area contributed by atoms with Gasteiger partial charge in [0.25, 0.3) is 0 Å². The van der Waals surface area contributed by atoms with Crippen LogP contribution in [0.1, 0.15) is 26.7 Å². The van der Waals surface area contributed by atoms with Gasteiger partial charge in [0.15, 0.2) is 0 Å². The number of aliphatic carboxylic acids is 1. The molecule has 0 saturated heterocycles. The lowest BCUT2D eigenvalue weighted by Crippen LogP contribution is -2.40. The van der Waals surface area contributed by atoms with Crippen molar-refractivity contribution in [3.8, 4) is 0 Å². The maximum Gasteiger partial charge on any atom is 0.321 e. The van der Waals surface area contributed by atoms with Gasteiger partial charge in [0.05, 0.1) is 12.2 Å². The summed E-state index contributed by atoms with van der Waals surface area (Å²) in [5.41, 5.74) is 0. The minimum atomic E-state index is -0.897. The monoisotopic (exact) mass is 262 g/mol. The van der Waals surface area contributed by atoms with E-state index in [-0.39, 0.29) is 17.4 Å². The highest BCUT2D eigenvalue weighted by molar-refractivity contribution is 8.00. The van der Waals surface area contributed by atoms with E-state index < -0.39 is 17.9 Å². The lowest BCUT2D eigenvalue weighted by Gasteiger charge is -2.08. The topological polar surface area (TPSA) is 95.5 Å². The SMILES string of the molecule is CCCNC(=O)NC(=O)CSC(C)CC(=O)O. The third-order valence-electron chi connectivity index (χ3n) is 1.75. The van der Waals surface area contributed by atoms with Crippen LogP contribution in [0.25, 0.3) is 0 Å². The highest BCUT2D eigenvalue weighted by Gasteiger charge is 2.12. The molecule has 0 bridgehead atoms. The fourth-order valence-electron chi connectivity index (χ4n) is 0.968. The van der Waals surface area contributed by atoms with Gasteiger partial charge in [-0.15, -0.1) is 11.8 Å². The van der Waals surface area contributed by atoms with Crippen molar-refractivity contribution < 1.29 is 19.5 Å². The molecule has 0 rings (SSSR count). The third kappa shape index (κ3) is 9.68. The van der Waals surface area contributed by atoms with Gasteiger partial charge in [-0.05, 0) is 6.42 Å². The molecule has 0 aromatic rings. The Morgan fingerprint density at radius 2 is 2.00 bits per heavy atom. The van der Waals surface area contributed by atoms with Crippen LogP contribution >= 0.6 is 11.8 Å². The zero-order valence-corrected chi connectivity index (χ0v) is 10.8. The number of amides is 3. The van der Waals surface area contributed by atoms with E-state index in [0.29, 0.717) is 6.54 Å². The zero-order valence-electron chi connectivity index (χ0n) is 9.99. The van der Waals surface area contributed by atoms with Crippen LogP contribution in [0.5, 0.6) is 0 Å². The number of carbonyl (C=O) groups is 3. The van der Waals surface area contributed by atoms with Crippen LogP contribution in [0.3, 0.4) is 0 Å². The maximum atomic E-state index is 11.3. The van der Waals surface area contributed by atoms with Gasteiger partial charge in [0.2, 0.25) is 5.91 Å². The minimum Gasteiger partial charge on any atom is -0.481 e. The second-order valence-electron chi connectivity index (χ2n) is 3.52. The molecule has 0 heterocycles. The van der Waals surface area contributed by atoms with Gasteiger partial charge in [-0.25, -0.2) is 4.79 Å². The average molecular weight is 262 g/mol. The summed E-state index contributed by atoms with van der Waals surface area (Å²) in [6.45, 7) is 4.15. The Hall–Kier alpha value is -1.24.